The van der Waals surface area contributed by atoms with Gasteiger partial charge in [-0.05, 0) is 66.9 Å². The lowest BCUT2D eigenvalue weighted by molar-refractivity contribution is -0.274. The fraction of sp³-hybridized carbons (Fsp3) is 0.364. The van der Waals surface area contributed by atoms with Crippen molar-refractivity contribution in [2.24, 2.45) is 0 Å². The van der Waals surface area contributed by atoms with E-state index < -0.39 is 6.36 Å². The van der Waals surface area contributed by atoms with Crippen molar-refractivity contribution >= 4 is 23.2 Å². The third-order valence-corrected chi connectivity index (χ3v) is 4.36. The second kappa shape index (κ2) is 12.0. The van der Waals surface area contributed by atoms with Crippen LogP contribution in [0.1, 0.15) is 24.5 Å². The van der Waals surface area contributed by atoms with Crippen LogP contribution in [0.3, 0.4) is 0 Å². The fourth-order valence-electron chi connectivity index (χ4n) is 2.73. The summed E-state index contributed by atoms with van der Waals surface area (Å²) < 4.78 is 57.6. The zero-order chi connectivity index (χ0) is 22.9. The maximum Gasteiger partial charge on any atom is 0.573 e. The molecule has 0 aromatic heterocycles. The molecule has 0 bridgehead atoms. The Morgan fingerprint density at radius 3 is 2.19 bits per heavy atom. The smallest absolute Gasteiger partial charge is 0.493 e. The summed E-state index contributed by atoms with van der Waals surface area (Å²) >= 11 is 11.2. The molecule has 0 aliphatic rings. The standard InChI is InChI=1S/C22H23Cl2F3O4/c1-3-16-14-19(29-12-9-20(23)24)13-15(2)21(16)30-11-4-10-28-17-5-7-18(8-6-17)31-22(25,26)27/h5-9,13-14H,3-4,10-12H2,1-2H3. The molecule has 0 radical (unpaired) electrons. The average Bonchev–Trinajstić information content (AvgIpc) is 2.68. The van der Waals surface area contributed by atoms with Gasteiger partial charge in [0.1, 0.15) is 34.1 Å². The minimum atomic E-state index is -4.71. The van der Waals surface area contributed by atoms with Crippen LogP contribution in [0.5, 0.6) is 23.0 Å². The molecule has 0 fully saturated rings. The first-order valence-electron chi connectivity index (χ1n) is 9.57. The van der Waals surface area contributed by atoms with Crippen LogP contribution >= 0.6 is 23.2 Å². The number of aryl methyl sites for hydroxylation is 2. The first-order chi connectivity index (χ1) is 14.7. The van der Waals surface area contributed by atoms with Crippen LogP contribution in [0.4, 0.5) is 13.2 Å². The predicted molar refractivity (Wildman–Crippen MR) is 115 cm³/mol. The van der Waals surface area contributed by atoms with Crippen molar-refractivity contribution in [2.75, 3.05) is 19.8 Å². The van der Waals surface area contributed by atoms with E-state index in [2.05, 4.69) is 4.74 Å². The SMILES string of the molecule is CCc1cc(OCC=C(Cl)Cl)cc(C)c1OCCCOc1ccc(OC(F)(F)F)cc1. The molecule has 0 unspecified atom stereocenters. The highest BCUT2D eigenvalue weighted by molar-refractivity contribution is 6.55. The summed E-state index contributed by atoms with van der Waals surface area (Å²) in [5.41, 5.74) is 1.95. The lowest BCUT2D eigenvalue weighted by atomic mass is 10.1. The van der Waals surface area contributed by atoms with E-state index in [-0.39, 0.29) is 16.8 Å². The Balaban J connectivity index is 1.82. The van der Waals surface area contributed by atoms with Crippen molar-refractivity contribution < 1.29 is 32.1 Å². The molecule has 2 rings (SSSR count). The van der Waals surface area contributed by atoms with Gasteiger partial charge in [-0.15, -0.1) is 13.2 Å². The number of hydrogen-bond donors (Lipinski definition) is 0. The van der Waals surface area contributed by atoms with Gasteiger partial charge >= 0.3 is 6.36 Å². The van der Waals surface area contributed by atoms with Crippen LogP contribution in [0.25, 0.3) is 0 Å². The van der Waals surface area contributed by atoms with E-state index in [9.17, 15) is 13.2 Å². The molecule has 0 atom stereocenters. The summed E-state index contributed by atoms with van der Waals surface area (Å²) in [5.74, 6) is 1.66. The third kappa shape index (κ3) is 9.19. The molecule has 0 amide bonds. The molecule has 4 nitrogen and oxygen atoms in total. The molecule has 0 spiro atoms. The minimum absolute atomic E-state index is 0.153. The molecular weight excluding hydrogens is 456 g/mol. The Hall–Kier alpha value is -2.25. The first-order valence-corrected chi connectivity index (χ1v) is 10.3. The summed E-state index contributed by atoms with van der Waals surface area (Å²) in [7, 11) is 0. The number of rotatable bonds is 11. The Morgan fingerprint density at radius 2 is 1.58 bits per heavy atom. The van der Waals surface area contributed by atoms with E-state index in [0.717, 1.165) is 23.3 Å². The van der Waals surface area contributed by atoms with Crippen LogP contribution in [0, 0.1) is 6.92 Å². The molecule has 0 aliphatic carbocycles. The summed E-state index contributed by atoms with van der Waals surface area (Å²) in [6.45, 7) is 5.01. The summed E-state index contributed by atoms with van der Waals surface area (Å²) in [6.07, 6.45) is -1.79. The van der Waals surface area contributed by atoms with E-state index in [1.54, 1.807) is 6.08 Å². The molecular formula is C22H23Cl2F3O4. The molecule has 0 saturated heterocycles. The Morgan fingerprint density at radius 1 is 0.935 bits per heavy atom. The average molecular weight is 479 g/mol. The second-order valence-electron chi connectivity index (χ2n) is 6.46. The number of halogens is 5. The number of alkyl halides is 3. The number of hydrogen-bond acceptors (Lipinski definition) is 4. The van der Waals surface area contributed by atoms with Gasteiger partial charge in [-0.3, -0.25) is 0 Å². The van der Waals surface area contributed by atoms with Gasteiger partial charge in [0.2, 0.25) is 0 Å². The summed E-state index contributed by atoms with van der Waals surface area (Å²) in [6, 6.07) is 9.05. The van der Waals surface area contributed by atoms with Crippen LogP contribution in [-0.2, 0) is 6.42 Å². The monoisotopic (exact) mass is 478 g/mol. The van der Waals surface area contributed by atoms with E-state index in [1.165, 1.54) is 24.3 Å². The van der Waals surface area contributed by atoms with Crippen molar-refractivity contribution in [3.8, 4) is 23.0 Å². The van der Waals surface area contributed by atoms with Gasteiger partial charge in [-0.1, -0.05) is 30.1 Å². The lowest BCUT2D eigenvalue weighted by Gasteiger charge is -2.16. The van der Waals surface area contributed by atoms with Gasteiger partial charge in [0, 0.05) is 6.42 Å². The Labute approximate surface area is 189 Å². The van der Waals surface area contributed by atoms with Crippen LogP contribution < -0.4 is 18.9 Å². The molecule has 0 N–H and O–H groups in total. The largest absolute Gasteiger partial charge is 0.573 e. The molecule has 0 aliphatic heterocycles. The normalized spacial score (nSPS) is 11.1. The van der Waals surface area contributed by atoms with Crippen molar-refractivity contribution in [1.82, 2.24) is 0 Å². The topological polar surface area (TPSA) is 36.9 Å². The maximum absolute atomic E-state index is 12.2. The van der Waals surface area contributed by atoms with Crippen molar-refractivity contribution in [3.63, 3.8) is 0 Å². The van der Waals surface area contributed by atoms with E-state index in [0.29, 0.717) is 31.1 Å². The zero-order valence-electron chi connectivity index (χ0n) is 17.1. The van der Waals surface area contributed by atoms with Gasteiger partial charge in [-0.25, -0.2) is 0 Å². The number of ether oxygens (including phenoxy) is 4. The van der Waals surface area contributed by atoms with E-state index in [4.69, 9.17) is 37.4 Å². The number of benzene rings is 2. The van der Waals surface area contributed by atoms with Crippen molar-refractivity contribution in [1.29, 1.82) is 0 Å². The van der Waals surface area contributed by atoms with Crippen LogP contribution in [0.15, 0.2) is 47.0 Å². The highest BCUT2D eigenvalue weighted by Crippen LogP contribution is 2.30. The van der Waals surface area contributed by atoms with E-state index >= 15 is 0 Å². The second-order valence-corrected chi connectivity index (χ2v) is 7.46. The highest BCUT2D eigenvalue weighted by Gasteiger charge is 2.30. The van der Waals surface area contributed by atoms with Gasteiger partial charge in [-0.2, -0.15) is 0 Å². The molecule has 9 heteroatoms. The molecule has 2 aromatic carbocycles. The molecule has 170 valence electrons. The van der Waals surface area contributed by atoms with Crippen molar-refractivity contribution in [3.05, 3.63) is 58.1 Å². The third-order valence-electron chi connectivity index (χ3n) is 4.05. The zero-order valence-corrected chi connectivity index (χ0v) is 18.6. The highest BCUT2D eigenvalue weighted by atomic mass is 35.5. The van der Waals surface area contributed by atoms with Gasteiger partial charge in [0.25, 0.3) is 0 Å². The maximum atomic E-state index is 12.2. The van der Waals surface area contributed by atoms with Crippen LogP contribution in [0.2, 0.25) is 0 Å². The Kier molecular flexibility index (Phi) is 9.65. The Bertz CT molecular complexity index is 864. The molecule has 2 aromatic rings. The molecule has 0 heterocycles. The van der Waals surface area contributed by atoms with Gasteiger partial charge < -0.3 is 18.9 Å². The first kappa shape index (κ1) is 25.0. The fourth-order valence-corrected chi connectivity index (χ4v) is 2.85. The summed E-state index contributed by atoms with van der Waals surface area (Å²) in [4.78, 5) is 0. The van der Waals surface area contributed by atoms with Gasteiger partial charge in [0.15, 0.2) is 0 Å². The quantitative estimate of drug-likeness (QED) is 0.325. The predicted octanol–water partition coefficient (Wildman–Crippen LogP) is 7.00. The van der Waals surface area contributed by atoms with Crippen LogP contribution in [-0.4, -0.2) is 26.2 Å². The van der Waals surface area contributed by atoms with Gasteiger partial charge in [0.05, 0.1) is 13.2 Å². The lowest BCUT2D eigenvalue weighted by Crippen LogP contribution is -2.17. The molecule has 0 saturated carbocycles. The minimum Gasteiger partial charge on any atom is -0.493 e. The molecule has 31 heavy (non-hydrogen) atoms. The van der Waals surface area contributed by atoms with Crippen molar-refractivity contribution in [2.45, 2.75) is 33.1 Å². The summed E-state index contributed by atoms with van der Waals surface area (Å²) in [5, 5.41) is 0. The van der Waals surface area contributed by atoms with E-state index in [1.807, 2.05) is 26.0 Å².